The fourth-order valence-corrected chi connectivity index (χ4v) is 2.64. The van der Waals surface area contributed by atoms with E-state index in [1.807, 2.05) is 13.0 Å². The molecule has 0 atom stereocenters. The van der Waals surface area contributed by atoms with Crippen LogP contribution in [0, 0.1) is 6.92 Å². The van der Waals surface area contributed by atoms with Crippen molar-refractivity contribution in [2.24, 2.45) is 0 Å². The highest BCUT2D eigenvalue weighted by atomic mass is 79.9. The van der Waals surface area contributed by atoms with Crippen molar-refractivity contribution in [3.63, 3.8) is 0 Å². The molecule has 1 N–H and O–H groups in total. The Morgan fingerprint density at radius 2 is 2.10 bits per heavy atom. The van der Waals surface area contributed by atoms with E-state index < -0.39 is 5.97 Å². The summed E-state index contributed by atoms with van der Waals surface area (Å²) in [6.45, 7) is 6.05. The lowest BCUT2D eigenvalue weighted by atomic mass is 9.94. The fraction of sp³-hybridized carbons (Fsp3) is 0.333. The molecule has 0 aliphatic heterocycles. The highest BCUT2D eigenvalue weighted by molar-refractivity contribution is 9.10. The molecule has 0 saturated carbocycles. The highest BCUT2D eigenvalue weighted by Crippen LogP contribution is 2.42. The average Bonchev–Trinajstić information content (AvgIpc) is 2.90. The van der Waals surface area contributed by atoms with Gasteiger partial charge in [0.1, 0.15) is 11.4 Å². The molecular formula is C15H16BrNO4. The Bertz CT molecular complexity index is 691. The molecule has 6 heteroatoms. The minimum absolute atomic E-state index is 0.197. The molecule has 1 aromatic carbocycles. The first kappa shape index (κ1) is 15.6. The molecule has 0 aliphatic carbocycles. The number of carboxylic acid groups (broad SMARTS) is 1. The van der Waals surface area contributed by atoms with Crippen molar-refractivity contribution in [2.45, 2.75) is 26.7 Å². The van der Waals surface area contributed by atoms with Gasteiger partial charge in [0, 0.05) is 10.5 Å². The molecule has 0 fully saturated rings. The predicted molar refractivity (Wildman–Crippen MR) is 82.0 cm³/mol. The zero-order chi connectivity index (χ0) is 15.7. The van der Waals surface area contributed by atoms with Crippen LogP contribution in [0.25, 0.3) is 11.3 Å². The number of hydrogen-bond acceptors (Lipinski definition) is 4. The van der Waals surface area contributed by atoms with Gasteiger partial charge < -0.3 is 14.4 Å². The van der Waals surface area contributed by atoms with Crippen molar-refractivity contribution in [1.29, 1.82) is 0 Å². The Labute approximate surface area is 131 Å². The molecule has 21 heavy (non-hydrogen) atoms. The van der Waals surface area contributed by atoms with Crippen LogP contribution < -0.4 is 4.74 Å². The van der Waals surface area contributed by atoms with E-state index in [2.05, 4.69) is 34.9 Å². The van der Waals surface area contributed by atoms with Crippen molar-refractivity contribution in [3.8, 4) is 17.0 Å². The number of nitrogens with zero attached hydrogens (tertiary/aromatic N) is 1. The second-order valence-electron chi connectivity index (χ2n) is 5.02. The van der Waals surface area contributed by atoms with Crippen LogP contribution in [0.2, 0.25) is 0 Å². The molecule has 2 rings (SSSR count). The number of hydrogen-bond donors (Lipinski definition) is 1. The second-order valence-corrected chi connectivity index (χ2v) is 5.87. The summed E-state index contributed by atoms with van der Waals surface area (Å²) in [5.74, 6) is -0.403. The first-order valence-corrected chi connectivity index (χ1v) is 7.23. The number of benzene rings is 1. The molecule has 0 aliphatic rings. The van der Waals surface area contributed by atoms with E-state index >= 15 is 0 Å². The molecule has 0 bridgehead atoms. The molecular weight excluding hydrogens is 338 g/mol. The zero-order valence-corrected chi connectivity index (χ0v) is 13.8. The van der Waals surface area contributed by atoms with Crippen molar-refractivity contribution in [2.75, 3.05) is 7.11 Å². The quantitative estimate of drug-likeness (QED) is 0.889. The van der Waals surface area contributed by atoms with E-state index in [-0.39, 0.29) is 11.7 Å². The first-order valence-electron chi connectivity index (χ1n) is 6.44. The van der Waals surface area contributed by atoms with Gasteiger partial charge in [0.2, 0.25) is 5.76 Å². The standard InChI is InChI=1S/C15H16BrNO4/c1-7(2)9-5-10(16)8(3)13(14(9)20-4)11-6-12(15(18)19)21-17-11/h5-7H,1-4H3,(H,18,19). The first-order chi connectivity index (χ1) is 9.86. The van der Waals surface area contributed by atoms with Gasteiger partial charge in [0.15, 0.2) is 0 Å². The maximum Gasteiger partial charge on any atom is 0.374 e. The number of ether oxygens (including phenoxy) is 1. The molecule has 1 heterocycles. The lowest BCUT2D eigenvalue weighted by Crippen LogP contribution is -2.00. The third-order valence-electron chi connectivity index (χ3n) is 3.31. The van der Waals surface area contributed by atoms with Crippen molar-refractivity contribution >= 4 is 21.9 Å². The van der Waals surface area contributed by atoms with Gasteiger partial charge >= 0.3 is 5.97 Å². The van der Waals surface area contributed by atoms with Gasteiger partial charge in [-0.2, -0.15) is 0 Å². The van der Waals surface area contributed by atoms with E-state index in [1.165, 1.54) is 6.07 Å². The summed E-state index contributed by atoms with van der Waals surface area (Å²) in [5.41, 5.74) is 3.13. The van der Waals surface area contributed by atoms with Crippen LogP contribution in [0.4, 0.5) is 0 Å². The van der Waals surface area contributed by atoms with Crippen LogP contribution in [0.3, 0.4) is 0 Å². The molecule has 0 saturated heterocycles. The van der Waals surface area contributed by atoms with E-state index in [0.717, 1.165) is 21.2 Å². The molecule has 5 nitrogen and oxygen atoms in total. The Hall–Kier alpha value is -1.82. The summed E-state index contributed by atoms with van der Waals surface area (Å²) in [7, 11) is 1.59. The molecule has 0 spiro atoms. The summed E-state index contributed by atoms with van der Waals surface area (Å²) in [4.78, 5) is 11.0. The van der Waals surface area contributed by atoms with E-state index in [1.54, 1.807) is 7.11 Å². The minimum atomic E-state index is -1.15. The van der Waals surface area contributed by atoms with Crippen molar-refractivity contribution in [1.82, 2.24) is 5.16 Å². The predicted octanol–water partition coefficient (Wildman–Crippen LogP) is 4.24. The minimum Gasteiger partial charge on any atom is -0.496 e. The molecule has 0 radical (unpaired) electrons. The number of aromatic carboxylic acids is 1. The Morgan fingerprint density at radius 1 is 1.43 bits per heavy atom. The van der Waals surface area contributed by atoms with Gasteiger partial charge in [-0.25, -0.2) is 4.79 Å². The molecule has 2 aromatic rings. The zero-order valence-electron chi connectivity index (χ0n) is 12.2. The third-order valence-corrected chi connectivity index (χ3v) is 4.13. The maximum absolute atomic E-state index is 11.0. The number of carboxylic acids is 1. The van der Waals surface area contributed by atoms with Crippen LogP contribution in [-0.2, 0) is 0 Å². The second kappa shape index (κ2) is 5.89. The van der Waals surface area contributed by atoms with Crippen LogP contribution in [-0.4, -0.2) is 23.3 Å². The van der Waals surface area contributed by atoms with Gasteiger partial charge in [0.05, 0.1) is 12.7 Å². The van der Waals surface area contributed by atoms with Gasteiger partial charge in [-0.05, 0) is 30.0 Å². The van der Waals surface area contributed by atoms with Crippen molar-refractivity contribution in [3.05, 3.63) is 33.5 Å². The maximum atomic E-state index is 11.0. The molecule has 112 valence electrons. The van der Waals surface area contributed by atoms with Gasteiger partial charge in [-0.3, -0.25) is 0 Å². The smallest absolute Gasteiger partial charge is 0.374 e. The Morgan fingerprint density at radius 3 is 2.57 bits per heavy atom. The Kier molecular flexibility index (Phi) is 4.37. The summed E-state index contributed by atoms with van der Waals surface area (Å²) in [5, 5.41) is 12.8. The molecule has 1 aromatic heterocycles. The topological polar surface area (TPSA) is 72.6 Å². The van der Waals surface area contributed by atoms with Crippen molar-refractivity contribution < 1.29 is 19.2 Å². The van der Waals surface area contributed by atoms with Gasteiger partial charge in [-0.1, -0.05) is 34.9 Å². The lowest BCUT2D eigenvalue weighted by Gasteiger charge is -2.18. The Balaban J connectivity index is 2.73. The van der Waals surface area contributed by atoms with Gasteiger partial charge in [-0.15, -0.1) is 0 Å². The monoisotopic (exact) mass is 353 g/mol. The summed E-state index contributed by atoms with van der Waals surface area (Å²) >= 11 is 3.53. The summed E-state index contributed by atoms with van der Waals surface area (Å²) in [6, 6.07) is 3.42. The van der Waals surface area contributed by atoms with Crippen LogP contribution in [0.15, 0.2) is 21.1 Å². The van der Waals surface area contributed by atoms with Crippen LogP contribution in [0.5, 0.6) is 5.75 Å². The number of aromatic nitrogens is 1. The summed E-state index contributed by atoms with van der Waals surface area (Å²) < 4.78 is 11.3. The lowest BCUT2D eigenvalue weighted by molar-refractivity contribution is 0.0652. The molecule has 0 amide bonds. The third kappa shape index (κ3) is 2.81. The van der Waals surface area contributed by atoms with Crippen LogP contribution in [0.1, 0.15) is 41.4 Å². The van der Waals surface area contributed by atoms with E-state index in [4.69, 9.17) is 14.4 Å². The number of halogens is 1. The number of rotatable bonds is 4. The normalized spacial score (nSPS) is 11.0. The van der Waals surface area contributed by atoms with E-state index in [0.29, 0.717) is 11.4 Å². The van der Waals surface area contributed by atoms with Gasteiger partial charge in [0.25, 0.3) is 0 Å². The molecule has 0 unspecified atom stereocenters. The summed E-state index contributed by atoms with van der Waals surface area (Å²) in [6.07, 6.45) is 0. The van der Waals surface area contributed by atoms with E-state index in [9.17, 15) is 4.79 Å². The SMILES string of the molecule is COc1c(C(C)C)cc(Br)c(C)c1-c1cc(C(=O)O)on1. The largest absolute Gasteiger partial charge is 0.496 e. The number of carbonyl (C=O) groups is 1. The number of methoxy groups -OCH3 is 1. The van der Waals surface area contributed by atoms with Crippen LogP contribution >= 0.6 is 15.9 Å². The average molecular weight is 354 g/mol. The fourth-order valence-electron chi connectivity index (χ4n) is 2.20. The highest BCUT2D eigenvalue weighted by Gasteiger charge is 2.22.